The van der Waals surface area contributed by atoms with Gasteiger partial charge in [-0.3, -0.25) is 13.8 Å². The molecule has 9 heteroatoms. The molecule has 0 heterocycles. The third-order valence-corrected chi connectivity index (χ3v) is 7.86. The van der Waals surface area contributed by atoms with Crippen molar-refractivity contribution in [2.45, 2.75) is 148 Å². The molecule has 0 radical (unpaired) electrons. The fourth-order valence-electron chi connectivity index (χ4n) is 4.38. The molecule has 42 heavy (non-hydrogen) atoms. The molecule has 0 aromatic heterocycles. The zero-order chi connectivity index (χ0) is 31.0. The highest BCUT2D eigenvalue weighted by Crippen LogP contribution is 2.43. The normalized spacial score (nSPS) is 14.1. The predicted molar refractivity (Wildman–Crippen MR) is 173 cm³/mol. The van der Waals surface area contributed by atoms with Crippen molar-refractivity contribution >= 4 is 13.8 Å². The smallest absolute Gasteiger partial charge is 0.457 e. The minimum atomic E-state index is -4.26. The molecule has 0 aliphatic heterocycles. The Morgan fingerprint density at radius 1 is 0.714 bits per heavy atom. The van der Waals surface area contributed by atoms with E-state index in [9.17, 15) is 14.3 Å². The van der Waals surface area contributed by atoms with Gasteiger partial charge in [-0.05, 0) is 44.9 Å². The maximum Gasteiger partial charge on any atom is 0.472 e. The van der Waals surface area contributed by atoms with Crippen LogP contribution in [0.1, 0.15) is 142 Å². The number of phosphoric acid groups is 1. The molecule has 0 spiro atoms. The fraction of sp³-hybridized carbons (Fsp3) is 0.848. The van der Waals surface area contributed by atoms with Gasteiger partial charge < -0.3 is 20.1 Å². The van der Waals surface area contributed by atoms with Crippen LogP contribution in [-0.2, 0) is 27.9 Å². The molecule has 8 nitrogen and oxygen atoms in total. The fourth-order valence-corrected chi connectivity index (χ4v) is 5.14. The monoisotopic (exact) mass is 617 g/mol. The summed E-state index contributed by atoms with van der Waals surface area (Å²) in [6.07, 6.45) is 30.6. The number of hydrogen-bond donors (Lipinski definition) is 2. The van der Waals surface area contributed by atoms with Gasteiger partial charge >= 0.3 is 13.8 Å². The van der Waals surface area contributed by atoms with Gasteiger partial charge in [0, 0.05) is 19.6 Å². The Labute approximate surface area is 257 Å². The summed E-state index contributed by atoms with van der Waals surface area (Å²) >= 11 is 0. The van der Waals surface area contributed by atoms with Crippen LogP contribution >= 0.6 is 7.82 Å². The Morgan fingerprint density at radius 3 is 1.90 bits per heavy atom. The zero-order valence-electron chi connectivity index (χ0n) is 27.0. The van der Waals surface area contributed by atoms with Crippen LogP contribution in [0, 0.1) is 0 Å². The Bertz CT molecular complexity index is 702. The number of nitrogens with two attached hydrogens (primary N) is 1. The maximum absolute atomic E-state index is 12.4. The van der Waals surface area contributed by atoms with E-state index in [4.69, 9.17) is 24.3 Å². The Kier molecular flexibility index (Phi) is 30.6. The van der Waals surface area contributed by atoms with Crippen molar-refractivity contribution in [1.82, 2.24) is 0 Å². The number of unbranched alkanes of at least 4 members (excludes halogenated alkanes) is 15. The summed E-state index contributed by atoms with van der Waals surface area (Å²) in [6, 6.07) is 0. The van der Waals surface area contributed by atoms with Crippen LogP contribution in [0.15, 0.2) is 24.3 Å². The van der Waals surface area contributed by atoms with Gasteiger partial charge in [0.05, 0.1) is 19.8 Å². The molecule has 0 fully saturated rings. The zero-order valence-corrected chi connectivity index (χ0v) is 27.9. The van der Waals surface area contributed by atoms with Crippen molar-refractivity contribution in [1.29, 1.82) is 0 Å². The minimum absolute atomic E-state index is 0.0967. The van der Waals surface area contributed by atoms with Crippen LogP contribution in [0.2, 0.25) is 0 Å². The van der Waals surface area contributed by atoms with Crippen LogP contribution in [0.3, 0.4) is 0 Å². The lowest BCUT2D eigenvalue weighted by atomic mass is 10.1. The second kappa shape index (κ2) is 31.4. The third kappa shape index (κ3) is 30.4. The summed E-state index contributed by atoms with van der Waals surface area (Å²) in [7, 11) is -4.26. The summed E-state index contributed by atoms with van der Waals surface area (Å²) in [4.78, 5) is 22.1. The summed E-state index contributed by atoms with van der Waals surface area (Å²) < 4.78 is 33.1. The number of allylic oxidation sites excluding steroid dienone is 4. The molecule has 0 saturated carbocycles. The van der Waals surface area contributed by atoms with Gasteiger partial charge in [-0.25, -0.2) is 4.57 Å². The van der Waals surface area contributed by atoms with Crippen molar-refractivity contribution in [2.75, 3.05) is 33.0 Å². The molecule has 0 aliphatic carbocycles. The molecule has 0 amide bonds. The van der Waals surface area contributed by atoms with Gasteiger partial charge in [0.25, 0.3) is 0 Å². The summed E-state index contributed by atoms with van der Waals surface area (Å²) in [5.41, 5.74) is 5.32. The van der Waals surface area contributed by atoms with E-state index < -0.39 is 13.9 Å². The average molecular weight is 618 g/mol. The number of phosphoric ester groups is 1. The van der Waals surface area contributed by atoms with Crippen molar-refractivity contribution in [3.63, 3.8) is 0 Å². The number of hydrogen-bond acceptors (Lipinski definition) is 7. The molecule has 0 aliphatic rings. The molecule has 2 atom stereocenters. The van der Waals surface area contributed by atoms with E-state index in [1.807, 2.05) is 0 Å². The number of carbonyl (C=O) groups excluding carboxylic acids is 1. The molecular weight excluding hydrogens is 553 g/mol. The number of carbonyl (C=O) groups is 1. The standard InChI is InChI=1S/C33H64NO7P/c1-3-5-7-9-11-12-13-14-15-16-17-18-19-21-23-25-28-38-30-32(31-40-42(36,37)39-29-27-34)41-33(35)26-24-22-20-10-8-6-4-2/h11-12,14-15,32H,3-10,13,16-31,34H2,1-2H3,(H,36,37)/b12-11-,15-14-. The number of esters is 1. The SMILES string of the molecule is CCCCC/C=C\C/C=C\CCCCCCCCOCC(COP(=O)(O)OCCN)OC(=O)CCCCCCCCC. The highest BCUT2D eigenvalue weighted by atomic mass is 31.2. The Morgan fingerprint density at radius 2 is 1.26 bits per heavy atom. The second-order valence-electron chi connectivity index (χ2n) is 11.0. The Balaban J connectivity index is 4.08. The molecule has 0 aromatic carbocycles. The first kappa shape index (κ1) is 41.0. The van der Waals surface area contributed by atoms with Crippen LogP contribution in [0.25, 0.3) is 0 Å². The van der Waals surface area contributed by atoms with Crippen molar-refractivity contribution in [2.24, 2.45) is 5.73 Å². The van der Waals surface area contributed by atoms with E-state index in [0.29, 0.717) is 13.0 Å². The Hall–Kier alpha value is -1.02. The predicted octanol–water partition coefficient (Wildman–Crippen LogP) is 8.96. The van der Waals surface area contributed by atoms with Crippen LogP contribution < -0.4 is 5.73 Å². The summed E-state index contributed by atoms with van der Waals surface area (Å²) in [5, 5.41) is 0. The lowest BCUT2D eigenvalue weighted by Gasteiger charge is -2.20. The van der Waals surface area contributed by atoms with E-state index in [1.165, 1.54) is 77.0 Å². The van der Waals surface area contributed by atoms with E-state index in [1.54, 1.807) is 0 Å². The number of rotatable bonds is 32. The number of ether oxygens (including phenoxy) is 2. The second-order valence-corrected chi connectivity index (χ2v) is 12.5. The summed E-state index contributed by atoms with van der Waals surface area (Å²) in [5.74, 6) is -0.342. The molecule has 0 rings (SSSR count). The molecule has 0 aromatic rings. The van der Waals surface area contributed by atoms with Crippen molar-refractivity contribution in [3.05, 3.63) is 24.3 Å². The molecule has 2 unspecified atom stereocenters. The van der Waals surface area contributed by atoms with Crippen molar-refractivity contribution in [3.8, 4) is 0 Å². The van der Waals surface area contributed by atoms with Gasteiger partial charge in [-0.1, -0.05) is 115 Å². The van der Waals surface area contributed by atoms with Gasteiger partial charge in [0.2, 0.25) is 0 Å². The summed E-state index contributed by atoms with van der Waals surface area (Å²) in [6.45, 7) is 4.81. The molecular formula is C33H64NO7P. The first-order valence-corrected chi connectivity index (χ1v) is 18.3. The van der Waals surface area contributed by atoms with Gasteiger partial charge in [-0.2, -0.15) is 0 Å². The highest BCUT2D eigenvalue weighted by molar-refractivity contribution is 7.47. The first-order chi connectivity index (χ1) is 20.4. The lowest BCUT2D eigenvalue weighted by molar-refractivity contribution is -0.154. The van der Waals surface area contributed by atoms with E-state index >= 15 is 0 Å². The molecule has 3 N–H and O–H groups in total. The van der Waals surface area contributed by atoms with Gasteiger partial charge in [0.1, 0.15) is 6.10 Å². The van der Waals surface area contributed by atoms with E-state index in [2.05, 4.69) is 38.2 Å². The molecule has 0 saturated heterocycles. The van der Waals surface area contributed by atoms with E-state index in [0.717, 1.165) is 44.9 Å². The molecule has 0 bridgehead atoms. The largest absolute Gasteiger partial charge is 0.472 e. The van der Waals surface area contributed by atoms with Crippen molar-refractivity contribution < 1.29 is 32.8 Å². The first-order valence-electron chi connectivity index (χ1n) is 16.8. The van der Waals surface area contributed by atoms with Gasteiger partial charge in [-0.15, -0.1) is 0 Å². The topological polar surface area (TPSA) is 117 Å². The van der Waals surface area contributed by atoms with E-state index in [-0.39, 0.29) is 32.3 Å². The van der Waals surface area contributed by atoms with Crippen LogP contribution in [-0.4, -0.2) is 49.9 Å². The maximum atomic E-state index is 12.4. The lowest BCUT2D eigenvalue weighted by Crippen LogP contribution is -2.28. The van der Waals surface area contributed by atoms with Gasteiger partial charge in [0.15, 0.2) is 0 Å². The highest BCUT2D eigenvalue weighted by Gasteiger charge is 2.25. The third-order valence-electron chi connectivity index (χ3n) is 6.87. The van der Waals surface area contributed by atoms with Crippen LogP contribution in [0.4, 0.5) is 0 Å². The van der Waals surface area contributed by atoms with Crippen LogP contribution in [0.5, 0.6) is 0 Å². The minimum Gasteiger partial charge on any atom is -0.457 e. The average Bonchev–Trinajstić information content (AvgIpc) is 2.97. The molecule has 248 valence electrons. The quantitative estimate of drug-likeness (QED) is 0.0332.